The number of carbonyl (C=O) groups is 1. The molecule has 0 aliphatic carbocycles. The van der Waals surface area contributed by atoms with Crippen molar-refractivity contribution in [2.45, 2.75) is 58.5 Å². The SMILES string of the molecule is CCN1CCCC1CNC(=NCC(=O)NC(C)(C)C)NCCc1ccco1.I. The van der Waals surface area contributed by atoms with Crippen molar-refractivity contribution in [3.63, 3.8) is 0 Å². The van der Waals surface area contributed by atoms with Crippen LogP contribution in [0.25, 0.3) is 0 Å². The molecule has 3 N–H and O–H groups in total. The van der Waals surface area contributed by atoms with E-state index in [9.17, 15) is 4.79 Å². The monoisotopic (exact) mass is 505 g/mol. The van der Waals surface area contributed by atoms with Crippen molar-refractivity contribution in [1.82, 2.24) is 20.9 Å². The normalized spacial score (nSPS) is 17.9. The topological polar surface area (TPSA) is 81.9 Å². The first-order chi connectivity index (χ1) is 12.9. The molecule has 0 radical (unpaired) electrons. The number of likely N-dealkylation sites (tertiary alicyclic amines) is 1. The van der Waals surface area contributed by atoms with E-state index in [1.165, 1.54) is 12.8 Å². The minimum atomic E-state index is -0.252. The second-order valence-corrected chi connectivity index (χ2v) is 8.02. The summed E-state index contributed by atoms with van der Waals surface area (Å²) >= 11 is 0. The molecule has 1 atom stereocenters. The number of furan rings is 1. The highest BCUT2D eigenvalue weighted by Gasteiger charge is 2.23. The molecule has 2 heterocycles. The van der Waals surface area contributed by atoms with E-state index < -0.39 is 0 Å². The summed E-state index contributed by atoms with van der Waals surface area (Å²) < 4.78 is 5.37. The van der Waals surface area contributed by atoms with Crippen LogP contribution in [-0.4, -0.2) is 61.1 Å². The van der Waals surface area contributed by atoms with Gasteiger partial charge in [-0.15, -0.1) is 24.0 Å². The molecule has 0 bridgehead atoms. The molecule has 28 heavy (non-hydrogen) atoms. The Labute approximate surface area is 186 Å². The van der Waals surface area contributed by atoms with Crippen LogP contribution in [0, 0.1) is 0 Å². The van der Waals surface area contributed by atoms with Crippen LogP contribution in [0.3, 0.4) is 0 Å². The van der Waals surface area contributed by atoms with Gasteiger partial charge in [-0.2, -0.15) is 0 Å². The van der Waals surface area contributed by atoms with Crippen LogP contribution in [0.5, 0.6) is 0 Å². The third-order valence-corrected chi connectivity index (χ3v) is 4.55. The van der Waals surface area contributed by atoms with Gasteiger partial charge >= 0.3 is 0 Å². The number of nitrogens with one attached hydrogen (secondary N) is 3. The number of amides is 1. The molecule has 0 saturated carbocycles. The van der Waals surface area contributed by atoms with E-state index in [2.05, 4.69) is 32.8 Å². The Balaban J connectivity index is 0.00000392. The second kappa shape index (κ2) is 12.3. The minimum absolute atomic E-state index is 0. The number of carbonyl (C=O) groups excluding carboxylic acids is 1. The molecular formula is C20H36IN5O2. The molecule has 1 aliphatic heterocycles. The van der Waals surface area contributed by atoms with E-state index in [-0.39, 0.29) is 42.0 Å². The van der Waals surface area contributed by atoms with Gasteiger partial charge in [-0.05, 0) is 58.8 Å². The third-order valence-electron chi connectivity index (χ3n) is 4.55. The molecular weight excluding hydrogens is 469 g/mol. The summed E-state index contributed by atoms with van der Waals surface area (Å²) in [5, 5.41) is 9.67. The zero-order valence-corrected chi connectivity index (χ0v) is 19.9. The molecule has 1 aromatic rings. The highest BCUT2D eigenvalue weighted by molar-refractivity contribution is 14.0. The van der Waals surface area contributed by atoms with Gasteiger partial charge in [-0.1, -0.05) is 6.92 Å². The maximum Gasteiger partial charge on any atom is 0.242 e. The Hall–Kier alpha value is -1.29. The van der Waals surface area contributed by atoms with E-state index in [1.807, 2.05) is 32.9 Å². The molecule has 1 aliphatic rings. The number of rotatable bonds is 8. The molecule has 1 unspecified atom stereocenters. The first-order valence-electron chi connectivity index (χ1n) is 9.97. The first-order valence-corrected chi connectivity index (χ1v) is 9.97. The lowest BCUT2D eigenvalue weighted by Gasteiger charge is -2.24. The van der Waals surface area contributed by atoms with Gasteiger partial charge in [0.1, 0.15) is 12.3 Å². The number of nitrogens with zero attached hydrogens (tertiary/aromatic N) is 2. The Bertz CT molecular complexity index is 598. The zero-order valence-electron chi connectivity index (χ0n) is 17.6. The van der Waals surface area contributed by atoms with Gasteiger partial charge < -0.3 is 20.4 Å². The van der Waals surface area contributed by atoms with Crippen molar-refractivity contribution >= 4 is 35.8 Å². The van der Waals surface area contributed by atoms with E-state index >= 15 is 0 Å². The van der Waals surface area contributed by atoms with Gasteiger partial charge in [0.2, 0.25) is 5.91 Å². The summed E-state index contributed by atoms with van der Waals surface area (Å²) in [7, 11) is 0. The van der Waals surface area contributed by atoms with E-state index in [0.717, 1.165) is 31.8 Å². The molecule has 1 aromatic heterocycles. The quantitative estimate of drug-likeness (QED) is 0.287. The Morgan fingerprint density at radius 2 is 2.14 bits per heavy atom. The van der Waals surface area contributed by atoms with Crippen LogP contribution in [-0.2, 0) is 11.2 Å². The van der Waals surface area contributed by atoms with Crippen LogP contribution in [0.15, 0.2) is 27.8 Å². The highest BCUT2D eigenvalue weighted by atomic mass is 127. The van der Waals surface area contributed by atoms with Crippen molar-refractivity contribution in [1.29, 1.82) is 0 Å². The number of hydrogen-bond donors (Lipinski definition) is 3. The average Bonchev–Trinajstić information content (AvgIpc) is 3.26. The fourth-order valence-electron chi connectivity index (χ4n) is 3.30. The molecule has 7 nitrogen and oxygen atoms in total. The molecule has 2 rings (SSSR count). The van der Waals surface area contributed by atoms with Crippen LogP contribution in [0.4, 0.5) is 0 Å². The van der Waals surface area contributed by atoms with Crippen LogP contribution in [0.1, 0.15) is 46.3 Å². The lowest BCUT2D eigenvalue weighted by atomic mass is 10.1. The Kier molecular flexibility index (Phi) is 10.9. The van der Waals surface area contributed by atoms with Crippen molar-refractivity contribution < 1.29 is 9.21 Å². The Morgan fingerprint density at radius 1 is 1.36 bits per heavy atom. The number of guanidine groups is 1. The average molecular weight is 505 g/mol. The molecule has 0 aromatic carbocycles. The van der Waals surface area contributed by atoms with Gasteiger partial charge in [-0.25, -0.2) is 4.99 Å². The van der Waals surface area contributed by atoms with Crippen LogP contribution >= 0.6 is 24.0 Å². The second-order valence-electron chi connectivity index (χ2n) is 8.02. The number of hydrogen-bond acceptors (Lipinski definition) is 4. The van der Waals surface area contributed by atoms with Gasteiger partial charge in [0.05, 0.1) is 6.26 Å². The zero-order chi connectivity index (χ0) is 19.7. The van der Waals surface area contributed by atoms with E-state index in [0.29, 0.717) is 18.5 Å². The van der Waals surface area contributed by atoms with Gasteiger partial charge in [-0.3, -0.25) is 9.69 Å². The van der Waals surface area contributed by atoms with Crippen LogP contribution in [0.2, 0.25) is 0 Å². The van der Waals surface area contributed by atoms with Crippen molar-refractivity contribution in [3.05, 3.63) is 24.2 Å². The van der Waals surface area contributed by atoms with Gasteiger partial charge in [0, 0.05) is 31.1 Å². The number of halogens is 1. The first kappa shape index (κ1) is 24.7. The number of likely N-dealkylation sites (N-methyl/N-ethyl adjacent to an activating group) is 1. The maximum atomic E-state index is 12.1. The number of aliphatic imine (C=N–C) groups is 1. The summed E-state index contributed by atoms with van der Waals surface area (Å²) in [6, 6.07) is 4.37. The summed E-state index contributed by atoms with van der Waals surface area (Å²) in [5.74, 6) is 1.53. The summed E-state index contributed by atoms with van der Waals surface area (Å²) in [5.41, 5.74) is -0.252. The summed E-state index contributed by atoms with van der Waals surface area (Å²) in [4.78, 5) is 19.0. The lowest BCUT2D eigenvalue weighted by molar-refractivity contribution is -0.121. The molecule has 1 saturated heterocycles. The van der Waals surface area contributed by atoms with Gasteiger partial charge in [0.15, 0.2) is 5.96 Å². The predicted octanol–water partition coefficient (Wildman–Crippen LogP) is 2.37. The molecule has 1 amide bonds. The highest BCUT2D eigenvalue weighted by Crippen LogP contribution is 2.15. The molecule has 160 valence electrons. The standard InChI is InChI=1S/C20H35N5O2.HI/c1-5-25-12-6-8-16(25)14-22-19(21-11-10-17-9-7-13-27-17)23-15-18(26)24-20(2,3)4;/h7,9,13,16H,5-6,8,10-12,14-15H2,1-4H3,(H,24,26)(H2,21,22,23);1H. The molecule has 0 spiro atoms. The Morgan fingerprint density at radius 3 is 2.79 bits per heavy atom. The smallest absolute Gasteiger partial charge is 0.242 e. The lowest BCUT2D eigenvalue weighted by Crippen LogP contribution is -2.46. The predicted molar refractivity (Wildman–Crippen MR) is 124 cm³/mol. The van der Waals surface area contributed by atoms with Gasteiger partial charge in [0.25, 0.3) is 0 Å². The van der Waals surface area contributed by atoms with E-state index in [1.54, 1.807) is 6.26 Å². The maximum absolute atomic E-state index is 12.1. The van der Waals surface area contributed by atoms with Crippen molar-refractivity contribution in [2.24, 2.45) is 4.99 Å². The fourth-order valence-corrected chi connectivity index (χ4v) is 3.30. The van der Waals surface area contributed by atoms with Crippen molar-refractivity contribution in [2.75, 3.05) is 32.7 Å². The minimum Gasteiger partial charge on any atom is -0.469 e. The largest absolute Gasteiger partial charge is 0.469 e. The fraction of sp³-hybridized carbons (Fsp3) is 0.700. The summed E-state index contributed by atoms with van der Waals surface area (Å²) in [6.45, 7) is 12.0. The van der Waals surface area contributed by atoms with E-state index in [4.69, 9.17) is 4.42 Å². The molecule has 8 heteroatoms. The molecule has 1 fully saturated rings. The van der Waals surface area contributed by atoms with Crippen molar-refractivity contribution in [3.8, 4) is 0 Å². The third kappa shape index (κ3) is 9.27. The summed E-state index contributed by atoms with van der Waals surface area (Å²) in [6.07, 6.45) is 4.89. The van der Waals surface area contributed by atoms with Crippen LogP contribution < -0.4 is 16.0 Å².